The summed E-state index contributed by atoms with van der Waals surface area (Å²) in [5.74, 6) is -1.79. The molecule has 1 amide bonds. The van der Waals surface area contributed by atoms with Gasteiger partial charge in [-0.05, 0) is 37.7 Å². The number of amides is 1. The van der Waals surface area contributed by atoms with Crippen molar-refractivity contribution in [3.63, 3.8) is 0 Å². The summed E-state index contributed by atoms with van der Waals surface area (Å²) >= 11 is 0. The van der Waals surface area contributed by atoms with Crippen molar-refractivity contribution in [1.82, 2.24) is 4.90 Å². The summed E-state index contributed by atoms with van der Waals surface area (Å²) < 4.78 is 92.1. The van der Waals surface area contributed by atoms with Crippen LogP contribution in [0, 0.1) is 11.8 Å². The van der Waals surface area contributed by atoms with Gasteiger partial charge >= 0.3 is 24.0 Å². The topological polar surface area (TPSA) is 57.6 Å². The highest BCUT2D eigenvalue weighted by Crippen LogP contribution is 2.53. The Hall–Kier alpha value is -2.33. The van der Waals surface area contributed by atoms with Gasteiger partial charge in [0.25, 0.3) is 0 Å². The second kappa shape index (κ2) is 8.47. The maximum atomic E-state index is 14.3. The monoisotopic (exact) mass is 483 g/mol. The van der Waals surface area contributed by atoms with Gasteiger partial charge < -0.3 is 10.0 Å². The Bertz CT molecular complexity index is 875. The van der Waals surface area contributed by atoms with E-state index in [-0.39, 0.29) is 18.4 Å². The van der Waals surface area contributed by atoms with E-state index in [9.17, 15) is 40.3 Å². The van der Waals surface area contributed by atoms with E-state index in [4.69, 9.17) is 5.11 Å². The molecule has 1 aliphatic carbocycles. The number of likely N-dealkylation sites (tertiary alicyclic amines) is 1. The van der Waals surface area contributed by atoms with Gasteiger partial charge in [0.2, 0.25) is 5.91 Å². The van der Waals surface area contributed by atoms with Gasteiger partial charge in [-0.15, -0.1) is 0 Å². The van der Waals surface area contributed by atoms with Crippen LogP contribution in [0.5, 0.6) is 0 Å². The van der Waals surface area contributed by atoms with Crippen molar-refractivity contribution in [3.8, 4) is 0 Å². The summed E-state index contributed by atoms with van der Waals surface area (Å²) in [6.07, 6.45) is -10.2. The number of carboxylic acids is 1. The van der Waals surface area contributed by atoms with Crippen molar-refractivity contribution in [3.05, 3.63) is 35.4 Å². The van der Waals surface area contributed by atoms with Crippen LogP contribution in [0.2, 0.25) is 0 Å². The highest BCUT2D eigenvalue weighted by Gasteiger charge is 2.73. The van der Waals surface area contributed by atoms with Gasteiger partial charge in [0.15, 0.2) is 0 Å². The largest absolute Gasteiger partial charge is 0.481 e. The van der Waals surface area contributed by atoms with Crippen LogP contribution in [-0.4, -0.2) is 47.3 Å². The molecule has 2 aliphatic rings. The summed E-state index contributed by atoms with van der Waals surface area (Å²) in [7, 11) is 0. The average Bonchev–Trinajstić information content (AvgIpc) is 3.14. The molecule has 1 saturated carbocycles. The van der Waals surface area contributed by atoms with Crippen molar-refractivity contribution in [2.24, 2.45) is 11.8 Å². The van der Waals surface area contributed by atoms with Gasteiger partial charge in [-0.3, -0.25) is 9.59 Å². The minimum atomic E-state index is -6.17. The lowest BCUT2D eigenvalue weighted by molar-refractivity contribution is -0.348. The lowest BCUT2D eigenvalue weighted by atomic mass is 9.80. The number of carbonyl (C=O) groups is 2. The number of halogens is 7. The molecule has 184 valence electrons. The maximum absolute atomic E-state index is 14.3. The quantitative estimate of drug-likeness (QED) is 0.587. The predicted octanol–water partition coefficient (Wildman–Crippen LogP) is 5.36. The molecule has 0 spiro atoms. The predicted molar refractivity (Wildman–Crippen MR) is 103 cm³/mol. The van der Waals surface area contributed by atoms with Crippen molar-refractivity contribution in [2.45, 2.75) is 62.5 Å². The molecule has 1 atom stereocenters. The van der Waals surface area contributed by atoms with Gasteiger partial charge in [0, 0.05) is 30.0 Å². The number of hydrogen-bond acceptors (Lipinski definition) is 2. The van der Waals surface area contributed by atoms with Crippen LogP contribution in [-0.2, 0) is 20.7 Å². The van der Waals surface area contributed by atoms with Gasteiger partial charge in [-0.25, -0.2) is 4.39 Å². The zero-order valence-corrected chi connectivity index (χ0v) is 17.8. The van der Waals surface area contributed by atoms with Crippen LogP contribution in [0.4, 0.5) is 30.7 Å². The summed E-state index contributed by atoms with van der Waals surface area (Å²) in [5.41, 5.74) is -7.34. The van der Waals surface area contributed by atoms with E-state index in [1.807, 2.05) is 0 Å². The van der Waals surface area contributed by atoms with Gasteiger partial charge in [0.05, 0.1) is 5.92 Å². The third kappa shape index (κ3) is 4.55. The Morgan fingerprint density at radius 3 is 1.85 bits per heavy atom. The number of nitrogens with zero attached hydrogens (tertiary/aromatic N) is 1. The lowest BCUT2D eigenvalue weighted by Gasteiger charge is -2.32. The summed E-state index contributed by atoms with van der Waals surface area (Å²) in [5, 5.41) is 9.08. The molecule has 4 nitrogen and oxygen atoms in total. The van der Waals surface area contributed by atoms with E-state index < -0.39 is 40.9 Å². The Morgan fingerprint density at radius 2 is 1.39 bits per heavy atom. The van der Waals surface area contributed by atoms with Gasteiger partial charge in [-0.2, -0.15) is 26.3 Å². The SMILES string of the molecule is C[C@@]1(c2ccc(C(F)(C(F)(F)F)C(F)(F)F)cc2)CCN(C(=O)C2CCC(C(=O)O)CC2)C1. The minimum absolute atomic E-state index is 0.129. The first-order valence-corrected chi connectivity index (χ1v) is 10.5. The molecule has 2 fully saturated rings. The van der Waals surface area contributed by atoms with E-state index in [1.54, 1.807) is 11.8 Å². The number of rotatable bonds is 4. The molecule has 0 radical (unpaired) electrons. The number of hydrogen-bond donors (Lipinski definition) is 1. The minimum Gasteiger partial charge on any atom is -0.481 e. The fraction of sp³-hybridized carbons (Fsp3) is 0.636. The molecule has 11 heteroatoms. The molecule has 1 heterocycles. The molecule has 1 aromatic rings. The number of carbonyl (C=O) groups excluding carboxylic acids is 1. The first-order valence-electron chi connectivity index (χ1n) is 10.5. The fourth-order valence-electron chi connectivity index (χ4n) is 4.82. The fourth-order valence-corrected chi connectivity index (χ4v) is 4.82. The van der Waals surface area contributed by atoms with Crippen LogP contribution in [0.3, 0.4) is 0 Å². The zero-order chi connectivity index (χ0) is 24.8. The molecule has 33 heavy (non-hydrogen) atoms. The molecule has 1 aromatic carbocycles. The summed E-state index contributed by atoms with van der Waals surface area (Å²) in [6, 6.07) is 3.10. The molecule has 0 bridgehead atoms. The van der Waals surface area contributed by atoms with Crippen LogP contribution >= 0.6 is 0 Å². The standard InChI is InChI=1S/C22H24F7NO3/c1-19(10-11-30(12-19)17(31)13-2-4-14(5-3-13)18(32)33)15-6-8-16(9-7-15)20(23,21(24,25)26)22(27,28)29/h6-9,13-14H,2-5,10-12H2,1H3,(H,32,33)/t13?,14?,19-/m1/s1. The lowest BCUT2D eigenvalue weighted by Crippen LogP contribution is -2.50. The highest BCUT2D eigenvalue weighted by atomic mass is 19.4. The molecule has 0 aromatic heterocycles. The third-order valence-corrected chi connectivity index (χ3v) is 6.97. The highest BCUT2D eigenvalue weighted by molar-refractivity contribution is 5.80. The first kappa shape index (κ1) is 25.3. The maximum Gasteiger partial charge on any atom is 0.435 e. The normalized spacial score (nSPS) is 27.0. The van der Waals surface area contributed by atoms with E-state index in [1.165, 1.54) is 0 Å². The van der Waals surface area contributed by atoms with Crippen LogP contribution in [0.25, 0.3) is 0 Å². The Labute approximate surface area is 185 Å². The molecular formula is C22H24F7NO3. The number of carboxylic acid groups (broad SMARTS) is 1. The van der Waals surface area contributed by atoms with Crippen LogP contribution < -0.4 is 0 Å². The Kier molecular flexibility index (Phi) is 6.49. The van der Waals surface area contributed by atoms with Gasteiger partial charge in [0.1, 0.15) is 0 Å². The summed E-state index contributed by atoms with van der Waals surface area (Å²) in [4.78, 5) is 25.6. The van der Waals surface area contributed by atoms with E-state index in [0.717, 1.165) is 12.1 Å². The molecule has 3 rings (SSSR count). The first-order chi connectivity index (χ1) is 15.1. The zero-order valence-electron chi connectivity index (χ0n) is 17.8. The molecule has 1 saturated heterocycles. The number of aliphatic carboxylic acids is 1. The Balaban J connectivity index is 1.73. The second-order valence-electron chi connectivity index (χ2n) is 9.19. The van der Waals surface area contributed by atoms with E-state index in [2.05, 4.69) is 0 Å². The van der Waals surface area contributed by atoms with E-state index in [0.29, 0.717) is 56.3 Å². The number of benzene rings is 1. The van der Waals surface area contributed by atoms with Crippen LogP contribution in [0.15, 0.2) is 24.3 Å². The van der Waals surface area contributed by atoms with Crippen molar-refractivity contribution in [2.75, 3.05) is 13.1 Å². The van der Waals surface area contributed by atoms with E-state index >= 15 is 0 Å². The Morgan fingerprint density at radius 1 is 0.909 bits per heavy atom. The molecular weight excluding hydrogens is 459 g/mol. The van der Waals surface area contributed by atoms with Crippen LogP contribution in [0.1, 0.15) is 50.2 Å². The molecule has 1 N–H and O–H groups in total. The molecule has 0 unspecified atom stereocenters. The average molecular weight is 483 g/mol. The number of alkyl halides is 7. The van der Waals surface area contributed by atoms with Gasteiger partial charge in [-0.1, -0.05) is 31.2 Å². The van der Waals surface area contributed by atoms with Crippen molar-refractivity contribution in [1.29, 1.82) is 0 Å². The van der Waals surface area contributed by atoms with Crippen molar-refractivity contribution < 1.29 is 45.4 Å². The van der Waals surface area contributed by atoms with Crippen molar-refractivity contribution >= 4 is 11.9 Å². The third-order valence-electron chi connectivity index (χ3n) is 6.97. The summed E-state index contributed by atoms with van der Waals surface area (Å²) in [6.45, 7) is 2.31. The smallest absolute Gasteiger partial charge is 0.435 e. The second-order valence-corrected chi connectivity index (χ2v) is 9.19. The molecule has 1 aliphatic heterocycles.